The highest BCUT2D eigenvalue weighted by molar-refractivity contribution is 7.17. The number of benzene rings is 2. The predicted octanol–water partition coefficient (Wildman–Crippen LogP) is 5.94. The maximum Gasteiger partial charge on any atom is 0.341 e. The summed E-state index contributed by atoms with van der Waals surface area (Å²) in [7, 11) is 4.88. The minimum absolute atomic E-state index is 0.311. The molecule has 3 aromatic rings. The summed E-state index contributed by atoms with van der Waals surface area (Å²) in [5.74, 6) is 0.817. The van der Waals surface area contributed by atoms with Gasteiger partial charge in [0.25, 0.3) is 0 Å². The van der Waals surface area contributed by atoms with Crippen LogP contribution in [0.1, 0.15) is 52.7 Å². The number of esters is 1. The third kappa shape index (κ3) is 7.10. The predicted molar refractivity (Wildman–Crippen MR) is 154 cm³/mol. The average Bonchev–Trinajstić information content (AvgIpc) is 3.25. The molecule has 1 N–H and O–H groups in total. The number of urea groups is 1. The maximum atomic E-state index is 13.3. The van der Waals surface area contributed by atoms with E-state index in [0.29, 0.717) is 41.6 Å². The second-order valence-electron chi connectivity index (χ2n) is 10.6. The number of carbonyl (C=O) groups excluding carboxylic acids is 2. The SMILES string of the molecule is COc1ccc(CN(C)C(=O)Nc2sc3c(c2C(=O)OC(C)(C)C)CCN(Cc2ccccc2)C3)cc1OC. The van der Waals surface area contributed by atoms with Crippen LogP contribution >= 0.6 is 11.3 Å². The van der Waals surface area contributed by atoms with E-state index in [4.69, 9.17) is 14.2 Å². The number of carbonyl (C=O) groups is 2. The summed E-state index contributed by atoms with van der Waals surface area (Å²) in [6.45, 7) is 8.25. The molecule has 1 aliphatic rings. The van der Waals surface area contributed by atoms with Gasteiger partial charge >= 0.3 is 12.0 Å². The van der Waals surface area contributed by atoms with Crippen LogP contribution in [0.2, 0.25) is 0 Å². The van der Waals surface area contributed by atoms with Gasteiger partial charge in [0.2, 0.25) is 0 Å². The van der Waals surface area contributed by atoms with E-state index in [1.165, 1.54) is 16.9 Å². The Bertz CT molecular complexity index is 1320. The van der Waals surface area contributed by atoms with Gasteiger partial charge < -0.3 is 19.1 Å². The number of amides is 2. The Balaban J connectivity index is 1.54. The molecule has 0 bridgehead atoms. The highest BCUT2D eigenvalue weighted by Gasteiger charge is 2.32. The number of hydrogen-bond acceptors (Lipinski definition) is 7. The highest BCUT2D eigenvalue weighted by atomic mass is 32.1. The molecule has 0 radical (unpaired) electrons. The lowest BCUT2D eigenvalue weighted by Crippen LogP contribution is -2.32. The Labute approximate surface area is 234 Å². The second kappa shape index (κ2) is 12.1. The summed E-state index contributed by atoms with van der Waals surface area (Å²) in [6.07, 6.45) is 0.713. The van der Waals surface area contributed by atoms with Crippen LogP contribution in [-0.4, -0.2) is 55.2 Å². The Morgan fingerprint density at radius 1 is 1.03 bits per heavy atom. The van der Waals surface area contributed by atoms with E-state index in [1.807, 2.05) is 57.2 Å². The van der Waals surface area contributed by atoms with Gasteiger partial charge in [-0.05, 0) is 56.0 Å². The zero-order valence-electron chi connectivity index (χ0n) is 23.5. The number of thiophene rings is 1. The number of fused-ring (bicyclic) bond motifs is 1. The molecule has 2 aromatic carbocycles. The third-order valence-electron chi connectivity index (χ3n) is 6.42. The van der Waals surface area contributed by atoms with Crippen LogP contribution in [0, 0.1) is 0 Å². The molecule has 0 saturated carbocycles. The minimum atomic E-state index is -0.647. The minimum Gasteiger partial charge on any atom is -0.493 e. The average molecular weight is 552 g/mol. The fourth-order valence-corrected chi connectivity index (χ4v) is 5.85. The van der Waals surface area contributed by atoms with Gasteiger partial charge in [0.05, 0.1) is 19.8 Å². The Morgan fingerprint density at radius 2 is 1.74 bits per heavy atom. The first-order valence-electron chi connectivity index (χ1n) is 12.9. The summed E-state index contributed by atoms with van der Waals surface area (Å²) < 4.78 is 16.5. The van der Waals surface area contributed by atoms with E-state index in [-0.39, 0.29) is 6.03 Å². The van der Waals surface area contributed by atoms with Gasteiger partial charge in [-0.15, -0.1) is 11.3 Å². The summed E-state index contributed by atoms with van der Waals surface area (Å²) in [5.41, 5.74) is 2.93. The van der Waals surface area contributed by atoms with Crippen LogP contribution in [0.25, 0.3) is 0 Å². The second-order valence-corrected chi connectivity index (χ2v) is 11.7. The molecular formula is C30H37N3O5S. The number of rotatable bonds is 8. The van der Waals surface area contributed by atoms with E-state index in [2.05, 4.69) is 22.3 Å². The molecule has 1 aromatic heterocycles. The summed E-state index contributed by atoms with van der Waals surface area (Å²) in [6, 6.07) is 15.6. The lowest BCUT2D eigenvalue weighted by atomic mass is 10.0. The normalized spacial score (nSPS) is 13.4. The summed E-state index contributed by atoms with van der Waals surface area (Å²) in [5, 5.41) is 3.53. The zero-order valence-corrected chi connectivity index (χ0v) is 24.3. The van der Waals surface area contributed by atoms with Gasteiger partial charge in [-0.2, -0.15) is 0 Å². The molecule has 0 aliphatic carbocycles. The third-order valence-corrected chi connectivity index (χ3v) is 7.56. The highest BCUT2D eigenvalue weighted by Crippen LogP contribution is 2.39. The topological polar surface area (TPSA) is 80.3 Å². The van der Waals surface area contributed by atoms with Gasteiger partial charge in [-0.1, -0.05) is 36.4 Å². The molecule has 0 atom stereocenters. The number of hydrogen-bond donors (Lipinski definition) is 1. The maximum absolute atomic E-state index is 13.3. The molecular weight excluding hydrogens is 514 g/mol. The van der Waals surface area contributed by atoms with Crippen molar-refractivity contribution in [2.24, 2.45) is 0 Å². The molecule has 9 heteroatoms. The summed E-state index contributed by atoms with van der Waals surface area (Å²) >= 11 is 1.46. The molecule has 2 heterocycles. The fraction of sp³-hybridized carbons (Fsp3) is 0.400. The van der Waals surface area contributed by atoms with Gasteiger partial charge in [-0.3, -0.25) is 10.2 Å². The van der Waals surface area contributed by atoms with Gasteiger partial charge in [0.15, 0.2) is 11.5 Å². The Morgan fingerprint density at radius 3 is 2.41 bits per heavy atom. The molecule has 1 aliphatic heterocycles. The van der Waals surface area contributed by atoms with E-state index >= 15 is 0 Å². The van der Waals surface area contributed by atoms with E-state index < -0.39 is 11.6 Å². The molecule has 208 valence electrons. The lowest BCUT2D eigenvalue weighted by Gasteiger charge is -2.27. The van der Waals surface area contributed by atoms with Crippen molar-refractivity contribution >= 4 is 28.3 Å². The number of nitrogens with zero attached hydrogens (tertiary/aromatic N) is 2. The van der Waals surface area contributed by atoms with Crippen molar-refractivity contribution in [1.82, 2.24) is 9.80 Å². The number of anilines is 1. The van der Waals surface area contributed by atoms with E-state index in [0.717, 1.165) is 29.1 Å². The van der Waals surface area contributed by atoms with Crippen LogP contribution in [0.3, 0.4) is 0 Å². The van der Waals surface area contributed by atoms with Crippen LogP contribution in [-0.2, 0) is 30.8 Å². The first-order valence-corrected chi connectivity index (χ1v) is 13.8. The molecule has 39 heavy (non-hydrogen) atoms. The molecule has 0 fully saturated rings. The van der Waals surface area contributed by atoms with Crippen molar-refractivity contribution in [3.8, 4) is 11.5 Å². The monoisotopic (exact) mass is 551 g/mol. The van der Waals surface area contributed by atoms with E-state index in [9.17, 15) is 9.59 Å². The molecule has 2 amide bonds. The van der Waals surface area contributed by atoms with Crippen LogP contribution in [0.15, 0.2) is 48.5 Å². The molecule has 0 spiro atoms. The van der Waals surface area contributed by atoms with Gasteiger partial charge in [-0.25, -0.2) is 9.59 Å². The zero-order chi connectivity index (χ0) is 28.2. The van der Waals surface area contributed by atoms with Crippen molar-refractivity contribution in [2.75, 3.05) is 33.1 Å². The number of methoxy groups -OCH3 is 2. The standard InChI is InChI=1S/C30H37N3O5S/c1-30(2,3)38-28(34)26-22-14-15-33(18-20-10-8-7-9-11-20)19-25(22)39-27(26)31-29(35)32(4)17-21-12-13-23(36-5)24(16-21)37-6/h7-13,16H,14-15,17-19H2,1-6H3,(H,31,35). The first-order chi connectivity index (χ1) is 18.6. The largest absolute Gasteiger partial charge is 0.493 e. The Kier molecular flexibility index (Phi) is 8.82. The summed E-state index contributed by atoms with van der Waals surface area (Å²) in [4.78, 5) is 31.6. The fourth-order valence-electron chi connectivity index (χ4n) is 4.58. The molecule has 4 rings (SSSR count). The van der Waals surface area contributed by atoms with Crippen molar-refractivity contribution in [1.29, 1.82) is 0 Å². The van der Waals surface area contributed by atoms with Crippen molar-refractivity contribution < 1.29 is 23.8 Å². The van der Waals surface area contributed by atoms with Crippen molar-refractivity contribution in [3.63, 3.8) is 0 Å². The molecule has 0 saturated heterocycles. The van der Waals surface area contributed by atoms with Crippen LogP contribution < -0.4 is 14.8 Å². The number of ether oxygens (including phenoxy) is 3. The van der Waals surface area contributed by atoms with Crippen molar-refractivity contribution in [2.45, 2.75) is 52.4 Å². The van der Waals surface area contributed by atoms with Crippen molar-refractivity contribution in [3.05, 3.63) is 75.7 Å². The molecule has 8 nitrogen and oxygen atoms in total. The lowest BCUT2D eigenvalue weighted by molar-refractivity contribution is 0.00694. The Hall–Kier alpha value is -3.56. The van der Waals surface area contributed by atoms with Crippen LogP contribution in [0.5, 0.6) is 11.5 Å². The first kappa shape index (κ1) is 28.4. The van der Waals surface area contributed by atoms with Gasteiger partial charge in [0.1, 0.15) is 10.6 Å². The molecule has 0 unspecified atom stereocenters. The van der Waals surface area contributed by atoms with Gasteiger partial charge in [0, 0.05) is 38.1 Å². The van der Waals surface area contributed by atoms with Crippen LogP contribution in [0.4, 0.5) is 9.80 Å². The quantitative estimate of drug-likeness (QED) is 0.349. The smallest absolute Gasteiger partial charge is 0.341 e. The van der Waals surface area contributed by atoms with E-state index in [1.54, 1.807) is 26.2 Å². The number of nitrogens with one attached hydrogen (secondary N) is 1.